The zero-order chi connectivity index (χ0) is 35.1. The number of benzene rings is 8. The Labute approximate surface area is 316 Å². The van der Waals surface area contributed by atoms with Gasteiger partial charge in [-0.1, -0.05) is 146 Å². The highest BCUT2D eigenvalue weighted by Crippen LogP contribution is 2.58. The van der Waals surface area contributed by atoms with E-state index in [1.54, 1.807) is 38.9 Å². The predicted octanol–water partition coefficient (Wildman–Crippen LogP) is 12.8. The Bertz CT molecular complexity index is 2810. The molecule has 0 unspecified atom stereocenters. The van der Waals surface area contributed by atoms with Crippen LogP contribution in [0, 0.1) is 0 Å². The van der Waals surface area contributed by atoms with Gasteiger partial charge in [-0.15, -0.1) is 0 Å². The molecule has 0 atom stereocenters. The van der Waals surface area contributed by atoms with Gasteiger partial charge < -0.3 is 0 Å². The fourth-order valence-electron chi connectivity index (χ4n) is 11.5. The molecule has 0 radical (unpaired) electrons. The van der Waals surface area contributed by atoms with Gasteiger partial charge in [-0.2, -0.15) is 0 Å². The van der Waals surface area contributed by atoms with Gasteiger partial charge in [0.15, 0.2) is 0 Å². The van der Waals surface area contributed by atoms with E-state index in [0.29, 0.717) is 0 Å². The summed E-state index contributed by atoms with van der Waals surface area (Å²) in [5.74, 6) is 0. The fraction of sp³-hybridized carbons (Fsp3) is 0.111. The lowest BCUT2D eigenvalue weighted by atomic mass is 9.86. The van der Waals surface area contributed by atoms with E-state index in [4.69, 9.17) is 0 Å². The fourth-order valence-corrected chi connectivity index (χ4v) is 11.5. The average molecular weight is 685 g/mol. The Morgan fingerprint density at radius 3 is 0.685 bits per heavy atom. The van der Waals surface area contributed by atoms with E-state index in [-0.39, 0.29) is 0 Å². The first kappa shape index (κ1) is 29.2. The summed E-state index contributed by atoms with van der Waals surface area (Å²) in [6, 6.07) is 54.2. The molecular weight excluding hydrogens is 649 g/mol. The zero-order valence-corrected chi connectivity index (χ0v) is 30.1. The van der Waals surface area contributed by atoms with Crippen LogP contribution in [-0.4, -0.2) is 0 Å². The Morgan fingerprint density at radius 2 is 0.370 bits per heavy atom. The minimum atomic E-state index is 1.07. The van der Waals surface area contributed by atoms with Gasteiger partial charge in [-0.3, -0.25) is 0 Å². The van der Waals surface area contributed by atoms with Crippen LogP contribution in [-0.2, 0) is 38.5 Å². The third-order valence-corrected chi connectivity index (χ3v) is 13.6. The van der Waals surface area contributed by atoms with Crippen molar-refractivity contribution in [2.45, 2.75) is 38.5 Å². The molecule has 0 heterocycles. The Morgan fingerprint density at radius 1 is 0.185 bits per heavy atom. The molecule has 252 valence electrons. The van der Waals surface area contributed by atoms with Crippen LogP contribution < -0.4 is 0 Å². The van der Waals surface area contributed by atoms with Crippen molar-refractivity contribution >= 4 is 0 Å². The van der Waals surface area contributed by atoms with Gasteiger partial charge in [0.05, 0.1) is 0 Å². The van der Waals surface area contributed by atoms with Crippen molar-refractivity contribution < 1.29 is 0 Å². The molecule has 0 aliphatic heterocycles. The molecule has 0 bridgehead atoms. The van der Waals surface area contributed by atoms with Crippen LogP contribution in [0.2, 0.25) is 0 Å². The molecule has 8 aromatic rings. The number of rotatable bonds is 0. The lowest BCUT2D eigenvalue weighted by Gasteiger charge is -2.17. The summed E-state index contributed by atoms with van der Waals surface area (Å²) >= 11 is 0. The molecule has 0 amide bonds. The normalized spacial score (nSPS) is 14.2. The molecule has 6 aliphatic rings. The molecule has 0 nitrogen and oxygen atoms in total. The second kappa shape index (κ2) is 10.7. The summed E-state index contributed by atoms with van der Waals surface area (Å²) in [6.07, 6.45) is 6.46. The molecule has 0 spiro atoms. The third-order valence-electron chi connectivity index (χ3n) is 13.6. The van der Waals surface area contributed by atoms with Crippen molar-refractivity contribution in [2.75, 3.05) is 0 Å². The molecule has 0 fully saturated rings. The zero-order valence-electron chi connectivity index (χ0n) is 30.1. The minimum Gasteiger partial charge on any atom is -0.0619 e. The number of fused-ring (bicyclic) bond motifs is 24. The maximum atomic E-state index is 2.33. The molecule has 14 rings (SSSR count). The molecule has 6 aliphatic carbocycles. The molecule has 0 saturated heterocycles. The summed E-state index contributed by atoms with van der Waals surface area (Å²) in [7, 11) is 0. The van der Waals surface area contributed by atoms with E-state index in [0.717, 1.165) is 38.5 Å². The molecule has 0 aromatic heterocycles. The molecule has 0 N–H and O–H groups in total. The quantitative estimate of drug-likeness (QED) is 0.149. The van der Waals surface area contributed by atoms with E-state index in [2.05, 4.69) is 146 Å². The molecule has 0 heteroatoms. The van der Waals surface area contributed by atoms with Gasteiger partial charge in [0.1, 0.15) is 0 Å². The van der Waals surface area contributed by atoms with Crippen LogP contribution in [0.1, 0.15) is 66.8 Å². The van der Waals surface area contributed by atoms with Crippen LogP contribution in [0.3, 0.4) is 0 Å². The predicted molar refractivity (Wildman–Crippen MR) is 222 cm³/mol. The highest BCUT2D eigenvalue weighted by molar-refractivity contribution is 6.03. The van der Waals surface area contributed by atoms with Crippen LogP contribution in [0.5, 0.6) is 0 Å². The van der Waals surface area contributed by atoms with Crippen molar-refractivity contribution in [3.63, 3.8) is 0 Å². The van der Waals surface area contributed by atoms with Gasteiger partial charge in [0.25, 0.3) is 0 Å². The van der Waals surface area contributed by atoms with E-state index >= 15 is 0 Å². The van der Waals surface area contributed by atoms with Crippen LogP contribution in [0.15, 0.2) is 146 Å². The maximum absolute atomic E-state index is 2.33. The van der Waals surface area contributed by atoms with Crippen molar-refractivity contribution in [1.82, 2.24) is 0 Å². The molecule has 0 saturated carbocycles. The summed E-state index contributed by atoms with van der Waals surface area (Å²) in [5.41, 5.74) is 36.3. The number of hydrogen-bond donors (Lipinski definition) is 0. The van der Waals surface area contributed by atoms with E-state index in [1.807, 2.05) is 0 Å². The smallest absolute Gasteiger partial charge is 0.000695 e. The second-order valence-corrected chi connectivity index (χ2v) is 16.1. The van der Waals surface area contributed by atoms with Crippen LogP contribution in [0.25, 0.3) is 66.8 Å². The van der Waals surface area contributed by atoms with E-state index < -0.39 is 0 Å². The SMILES string of the molecule is c1ccc2c(c1)Cc1c-2c2c(c3c1-c1ccccc1C3)-c1ccccc1C2.c1ccc2c(c1)Cc1c3c(c4c(c1-2)Cc1ccccc1-4)-c1ccccc1C3. The molecular formula is C54H36. The maximum Gasteiger partial charge on any atom is -0.000695 e. The lowest BCUT2D eigenvalue weighted by molar-refractivity contribution is 1.15. The van der Waals surface area contributed by atoms with Gasteiger partial charge >= 0.3 is 0 Å². The summed E-state index contributed by atoms with van der Waals surface area (Å²) in [6.45, 7) is 0. The third kappa shape index (κ3) is 3.78. The van der Waals surface area contributed by atoms with Gasteiger partial charge in [0, 0.05) is 0 Å². The second-order valence-electron chi connectivity index (χ2n) is 16.1. The summed E-state index contributed by atoms with van der Waals surface area (Å²) < 4.78 is 0. The first-order valence-electron chi connectivity index (χ1n) is 19.7. The Balaban J connectivity index is 0.000000115. The number of hydrogen-bond acceptors (Lipinski definition) is 0. The van der Waals surface area contributed by atoms with E-state index in [1.165, 1.54) is 94.6 Å². The first-order valence-corrected chi connectivity index (χ1v) is 19.7. The van der Waals surface area contributed by atoms with Gasteiger partial charge in [-0.25, -0.2) is 0 Å². The van der Waals surface area contributed by atoms with Crippen molar-refractivity contribution in [2.24, 2.45) is 0 Å². The molecule has 54 heavy (non-hydrogen) atoms. The topological polar surface area (TPSA) is 0 Å². The Hall–Kier alpha value is -6.24. The highest BCUT2D eigenvalue weighted by Gasteiger charge is 2.38. The monoisotopic (exact) mass is 684 g/mol. The lowest BCUT2D eigenvalue weighted by Crippen LogP contribution is -1.97. The van der Waals surface area contributed by atoms with Crippen LogP contribution >= 0.6 is 0 Å². The largest absolute Gasteiger partial charge is 0.0619 e. The van der Waals surface area contributed by atoms with Crippen molar-refractivity contribution in [3.05, 3.63) is 212 Å². The summed E-state index contributed by atoms with van der Waals surface area (Å²) in [4.78, 5) is 0. The van der Waals surface area contributed by atoms with Gasteiger partial charge in [-0.05, 0) is 172 Å². The summed E-state index contributed by atoms with van der Waals surface area (Å²) in [5, 5.41) is 0. The average Bonchev–Trinajstić information content (AvgIpc) is 4.06. The first-order chi connectivity index (χ1) is 26.8. The Kier molecular flexibility index (Phi) is 5.78. The molecule has 8 aromatic carbocycles. The van der Waals surface area contributed by atoms with Crippen molar-refractivity contribution in [1.29, 1.82) is 0 Å². The minimum absolute atomic E-state index is 1.07. The van der Waals surface area contributed by atoms with E-state index in [9.17, 15) is 0 Å². The van der Waals surface area contributed by atoms with Crippen LogP contribution in [0.4, 0.5) is 0 Å². The van der Waals surface area contributed by atoms with Crippen molar-refractivity contribution in [3.8, 4) is 66.8 Å². The van der Waals surface area contributed by atoms with Gasteiger partial charge in [0.2, 0.25) is 0 Å². The standard InChI is InChI=1S/2C27H18/c1-4-10-19-16(7-1)13-22-25(19)23-14-17-8-3-6-12-21(17)27(23)24-15-18-9-2-5-11-20(18)26(22)24;1-4-10-19-16(7-1)13-22-23-14-17-8-2-5-11-20(17)26(23)27-21-12-6-3-9-18(21)15-24(27)25(19)22/h2*1-12H,13-15H2. The highest BCUT2D eigenvalue weighted by atomic mass is 14.4.